The fraction of sp³-hybridized carbons (Fsp3) is 0.516. The molecule has 1 spiro atoms. The Hall–Kier alpha value is -3.04. The van der Waals surface area contributed by atoms with E-state index < -0.39 is 28.7 Å². The molecule has 2 aromatic carbocycles. The van der Waals surface area contributed by atoms with Crippen molar-refractivity contribution in [1.29, 1.82) is 0 Å². The van der Waals surface area contributed by atoms with E-state index >= 15 is 0 Å². The Morgan fingerprint density at radius 2 is 1.77 bits per heavy atom. The lowest BCUT2D eigenvalue weighted by molar-refractivity contribution is -0.142. The van der Waals surface area contributed by atoms with E-state index in [4.69, 9.17) is 4.74 Å². The van der Waals surface area contributed by atoms with Gasteiger partial charge in [0.1, 0.15) is 11.8 Å². The third-order valence-corrected chi connectivity index (χ3v) is 10.7. The van der Waals surface area contributed by atoms with Crippen LogP contribution in [0.2, 0.25) is 0 Å². The molecule has 2 unspecified atom stereocenters. The third-order valence-electron chi connectivity index (χ3n) is 8.77. The van der Waals surface area contributed by atoms with E-state index in [0.29, 0.717) is 18.7 Å². The first-order valence-corrected chi connectivity index (χ1v) is 15.0. The number of fused-ring (bicyclic) bond motifs is 1. The van der Waals surface area contributed by atoms with Gasteiger partial charge in [-0.15, -0.1) is 11.8 Å². The summed E-state index contributed by atoms with van der Waals surface area (Å²) in [4.78, 5) is 43.8. The van der Waals surface area contributed by atoms with Crippen LogP contribution in [0.5, 0.6) is 5.75 Å². The van der Waals surface area contributed by atoms with Crippen LogP contribution in [0.1, 0.15) is 44.7 Å². The molecule has 2 bridgehead atoms. The van der Waals surface area contributed by atoms with Crippen LogP contribution < -0.4 is 15.4 Å². The highest BCUT2D eigenvalue weighted by atomic mass is 32.2. The molecule has 40 heavy (non-hydrogen) atoms. The molecule has 0 radical (unpaired) electrons. The number of hydrogen-bond donors (Lipinski definition) is 3. The number of thioether (sulfide) groups is 1. The first-order valence-electron chi connectivity index (χ1n) is 14.1. The van der Waals surface area contributed by atoms with Crippen molar-refractivity contribution in [3.8, 4) is 5.75 Å². The van der Waals surface area contributed by atoms with Crippen molar-refractivity contribution < 1.29 is 24.2 Å². The summed E-state index contributed by atoms with van der Waals surface area (Å²) in [7, 11) is 0. The second-order valence-electron chi connectivity index (χ2n) is 11.5. The third kappa shape index (κ3) is 4.67. The molecule has 6 atom stereocenters. The quantitative estimate of drug-likeness (QED) is 0.416. The Bertz CT molecular complexity index is 1280. The van der Waals surface area contributed by atoms with E-state index in [1.165, 1.54) is 0 Å². The molecular weight excluding hydrogens is 526 g/mol. The molecule has 3 heterocycles. The molecule has 9 heteroatoms. The minimum atomic E-state index is -0.790. The van der Waals surface area contributed by atoms with Crippen molar-refractivity contribution >= 4 is 40.9 Å². The molecule has 0 aliphatic carbocycles. The monoisotopic (exact) mass is 565 g/mol. The normalized spacial score (nSPS) is 27.6. The molecule has 3 aliphatic heterocycles. The minimum Gasteiger partial charge on any atom is -0.494 e. The Morgan fingerprint density at radius 3 is 2.38 bits per heavy atom. The molecule has 3 N–H and O–H groups in total. The van der Waals surface area contributed by atoms with Gasteiger partial charge in [0.05, 0.1) is 35.8 Å². The summed E-state index contributed by atoms with van der Waals surface area (Å²) >= 11 is 1.62. The first kappa shape index (κ1) is 28.5. The highest BCUT2D eigenvalue weighted by Gasteiger charge is 2.74. The van der Waals surface area contributed by atoms with Gasteiger partial charge < -0.3 is 25.4 Å². The SMILES string of the molecule is CCOc1ccc(NC(=O)[C@@H]2[C@@H]3CCC4(S3)C(C(=O)Nc3c(C)cccc3C)N([C@@H](CO)C(C)C)C(=O)[C@H]24)cc1. The van der Waals surface area contributed by atoms with Crippen molar-refractivity contribution in [3.05, 3.63) is 53.6 Å². The number of rotatable bonds is 9. The molecule has 2 aromatic rings. The number of benzene rings is 2. The standard InChI is InChI=1S/C31H39N3O5S/c1-6-39-21-12-10-20(11-13-21)32-28(36)24-23-14-15-31(40-23)25(24)30(38)34(22(16-35)17(2)3)27(31)29(37)33-26-18(4)8-7-9-19(26)5/h7-13,17,22-25,27,35H,6,14-16H2,1-5H3,(H,32,36)(H,33,37)/t22-,23-,24+,25-,27?,31?/m0/s1. The fourth-order valence-electron chi connectivity index (χ4n) is 6.90. The average molecular weight is 566 g/mol. The Labute approximate surface area is 240 Å². The molecule has 5 rings (SSSR count). The van der Waals surface area contributed by atoms with Gasteiger partial charge in [0.2, 0.25) is 17.7 Å². The van der Waals surface area contributed by atoms with Gasteiger partial charge in [-0.1, -0.05) is 32.0 Å². The second kappa shape index (κ2) is 11.1. The van der Waals surface area contributed by atoms with Crippen LogP contribution in [0.15, 0.2) is 42.5 Å². The molecule has 3 aliphatic rings. The van der Waals surface area contributed by atoms with Crippen molar-refractivity contribution in [2.24, 2.45) is 17.8 Å². The highest BCUT2D eigenvalue weighted by Crippen LogP contribution is 2.67. The zero-order valence-electron chi connectivity index (χ0n) is 23.8. The zero-order chi connectivity index (χ0) is 28.8. The number of nitrogens with one attached hydrogen (secondary N) is 2. The Morgan fingerprint density at radius 1 is 1.10 bits per heavy atom. The molecule has 3 amide bonds. The van der Waals surface area contributed by atoms with Crippen LogP contribution in [-0.2, 0) is 14.4 Å². The molecule has 0 saturated carbocycles. The largest absolute Gasteiger partial charge is 0.494 e. The predicted molar refractivity (Wildman–Crippen MR) is 157 cm³/mol. The summed E-state index contributed by atoms with van der Waals surface area (Å²) < 4.78 is 4.78. The highest BCUT2D eigenvalue weighted by molar-refractivity contribution is 8.02. The van der Waals surface area contributed by atoms with Gasteiger partial charge in [-0.2, -0.15) is 0 Å². The lowest BCUT2D eigenvalue weighted by Crippen LogP contribution is -2.56. The predicted octanol–water partition coefficient (Wildman–Crippen LogP) is 4.39. The van der Waals surface area contributed by atoms with E-state index in [-0.39, 0.29) is 35.5 Å². The van der Waals surface area contributed by atoms with Gasteiger partial charge in [-0.05, 0) is 74.9 Å². The number of carbonyl (C=O) groups is 3. The number of aliphatic hydroxyl groups is 1. The smallest absolute Gasteiger partial charge is 0.248 e. The van der Waals surface area contributed by atoms with Crippen molar-refractivity contribution in [2.75, 3.05) is 23.8 Å². The molecule has 214 valence electrons. The van der Waals surface area contributed by atoms with Gasteiger partial charge >= 0.3 is 0 Å². The van der Waals surface area contributed by atoms with Gasteiger partial charge in [0.25, 0.3) is 0 Å². The van der Waals surface area contributed by atoms with Gasteiger partial charge in [0.15, 0.2) is 0 Å². The molecule has 3 fully saturated rings. The van der Waals surface area contributed by atoms with Gasteiger partial charge in [0, 0.05) is 16.6 Å². The summed E-state index contributed by atoms with van der Waals surface area (Å²) in [5.41, 5.74) is 3.26. The van der Waals surface area contributed by atoms with E-state index in [2.05, 4.69) is 10.6 Å². The average Bonchev–Trinajstić information content (AvgIpc) is 3.55. The van der Waals surface area contributed by atoms with Gasteiger partial charge in [-0.25, -0.2) is 0 Å². The summed E-state index contributed by atoms with van der Waals surface area (Å²) in [6, 6.07) is 11.7. The Kier molecular flexibility index (Phi) is 7.90. The molecule has 8 nitrogen and oxygen atoms in total. The maximum atomic E-state index is 14.3. The number of aliphatic hydroxyl groups excluding tert-OH is 1. The minimum absolute atomic E-state index is 0.0547. The topological polar surface area (TPSA) is 108 Å². The number of anilines is 2. The number of nitrogens with zero attached hydrogens (tertiary/aromatic N) is 1. The summed E-state index contributed by atoms with van der Waals surface area (Å²) in [6.07, 6.45) is 1.42. The molecule has 3 saturated heterocycles. The van der Waals surface area contributed by atoms with Crippen LogP contribution in [0.3, 0.4) is 0 Å². The number of hydrogen-bond acceptors (Lipinski definition) is 6. The summed E-state index contributed by atoms with van der Waals surface area (Å²) in [6.45, 7) is 10.00. The van der Waals surface area contributed by atoms with E-state index in [9.17, 15) is 19.5 Å². The maximum Gasteiger partial charge on any atom is 0.248 e. The van der Waals surface area contributed by atoms with Crippen LogP contribution in [0, 0.1) is 31.6 Å². The van der Waals surface area contributed by atoms with E-state index in [1.54, 1.807) is 40.9 Å². The zero-order valence-corrected chi connectivity index (χ0v) is 24.6. The number of aryl methyl sites for hydroxylation is 2. The number of ether oxygens (including phenoxy) is 1. The van der Waals surface area contributed by atoms with Crippen molar-refractivity contribution in [1.82, 2.24) is 4.90 Å². The van der Waals surface area contributed by atoms with Gasteiger partial charge in [-0.3, -0.25) is 14.4 Å². The van der Waals surface area contributed by atoms with Crippen LogP contribution in [0.25, 0.3) is 0 Å². The number of carbonyl (C=O) groups excluding carboxylic acids is 3. The van der Waals surface area contributed by atoms with Crippen LogP contribution >= 0.6 is 11.8 Å². The number of likely N-dealkylation sites (tertiary alicyclic amines) is 1. The molecular formula is C31H39N3O5S. The van der Waals surface area contributed by atoms with E-state index in [1.807, 2.05) is 52.8 Å². The first-order chi connectivity index (χ1) is 19.1. The number of para-hydroxylation sites is 1. The fourth-order valence-corrected chi connectivity index (χ4v) is 9.10. The van der Waals surface area contributed by atoms with Crippen molar-refractivity contribution in [2.45, 2.75) is 69.5 Å². The lowest BCUT2D eigenvalue weighted by Gasteiger charge is -2.38. The summed E-state index contributed by atoms with van der Waals surface area (Å²) in [5.74, 6) is -1.23. The number of amides is 3. The molecule has 0 aromatic heterocycles. The van der Waals surface area contributed by atoms with E-state index in [0.717, 1.165) is 29.0 Å². The lowest BCUT2D eigenvalue weighted by atomic mass is 9.70. The van der Waals surface area contributed by atoms with Crippen LogP contribution in [0.4, 0.5) is 11.4 Å². The Balaban J connectivity index is 1.49. The maximum absolute atomic E-state index is 14.3. The summed E-state index contributed by atoms with van der Waals surface area (Å²) in [5, 5.41) is 16.5. The second-order valence-corrected chi connectivity index (χ2v) is 13.1. The van der Waals surface area contributed by atoms with Crippen molar-refractivity contribution in [3.63, 3.8) is 0 Å². The van der Waals surface area contributed by atoms with Crippen LogP contribution in [-0.4, -0.2) is 63.0 Å².